The normalized spacial score (nSPS) is 22.0. The van der Waals surface area contributed by atoms with Crippen LogP contribution in [0.15, 0.2) is 42.7 Å². The summed E-state index contributed by atoms with van der Waals surface area (Å²) < 4.78 is 1.75. The van der Waals surface area contributed by atoms with E-state index in [1.165, 1.54) is 0 Å². The van der Waals surface area contributed by atoms with Gasteiger partial charge in [-0.15, -0.1) is 0 Å². The van der Waals surface area contributed by atoms with Gasteiger partial charge in [-0.3, -0.25) is 9.48 Å². The summed E-state index contributed by atoms with van der Waals surface area (Å²) in [7, 11) is 1.87. The Hall–Kier alpha value is -2.18. The molecule has 6 heteroatoms. The molecule has 3 rings (SSSR count). The number of carbonyl (C=O) groups excluding carboxylic acids is 1. The maximum absolute atomic E-state index is 12.5. The van der Waals surface area contributed by atoms with Crippen molar-refractivity contribution in [1.29, 1.82) is 0 Å². The Bertz CT molecular complexity index is 656. The largest absolute Gasteiger partial charge is 0.387 e. The summed E-state index contributed by atoms with van der Waals surface area (Å²) in [5.74, 6) is -0.0430. The van der Waals surface area contributed by atoms with Gasteiger partial charge in [0.05, 0.1) is 18.2 Å². The number of hydrogen-bond acceptors (Lipinski definition) is 4. The van der Waals surface area contributed by atoms with Gasteiger partial charge in [-0.2, -0.15) is 5.10 Å². The lowest BCUT2D eigenvalue weighted by Gasteiger charge is -2.18. The van der Waals surface area contributed by atoms with Gasteiger partial charge in [0, 0.05) is 38.8 Å². The monoisotopic (exact) mass is 314 g/mol. The van der Waals surface area contributed by atoms with Gasteiger partial charge in [0.15, 0.2) is 0 Å². The van der Waals surface area contributed by atoms with E-state index in [1.54, 1.807) is 4.68 Å². The molecule has 1 aliphatic heterocycles. The minimum atomic E-state index is -0.689. The van der Waals surface area contributed by atoms with Gasteiger partial charge in [-0.05, 0) is 11.1 Å². The molecule has 1 fully saturated rings. The SMILES string of the molecule is Cn1cc([C@H]2CNC[C@@H]2C(=O)NCC(O)c2ccccc2)cn1. The molecule has 6 nitrogen and oxygen atoms in total. The van der Waals surface area contributed by atoms with Gasteiger partial charge in [0.25, 0.3) is 0 Å². The molecule has 1 unspecified atom stereocenters. The molecule has 3 atom stereocenters. The Balaban J connectivity index is 1.59. The topological polar surface area (TPSA) is 79.2 Å². The maximum atomic E-state index is 12.5. The predicted octanol–water partition coefficient (Wildman–Crippen LogP) is 0.573. The summed E-state index contributed by atoms with van der Waals surface area (Å²) in [6.07, 6.45) is 3.08. The number of aliphatic hydroxyl groups is 1. The average Bonchev–Trinajstić information content (AvgIpc) is 3.21. The maximum Gasteiger partial charge on any atom is 0.225 e. The molecule has 122 valence electrons. The second-order valence-corrected chi connectivity index (χ2v) is 5.99. The van der Waals surface area contributed by atoms with Crippen molar-refractivity contribution >= 4 is 5.91 Å². The van der Waals surface area contributed by atoms with Crippen LogP contribution in [0.25, 0.3) is 0 Å². The third kappa shape index (κ3) is 3.60. The van der Waals surface area contributed by atoms with Crippen LogP contribution in [0.2, 0.25) is 0 Å². The second-order valence-electron chi connectivity index (χ2n) is 5.99. The minimum absolute atomic E-state index is 0.0289. The molecule has 1 aromatic carbocycles. The molecule has 0 radical (unpaired) electrons. The first-order chi connectivity index (χ1) is 11.1. The lowest BCUT2D eigenvalue weighted by atomic mass is 9.90. The molecule has 1 amide bonds. The molecule has 1 saturated heterocycles. The molecule has 1 aliphatic rings. The van der Waals surface area contributed by atoms with Crippen molar-refractivity contribution in [3.63, 3.8) is 0 Å². The standard InChI is InChI=1S/C17H22N4O2/c1-21-11-13(7-20-21)14-8-18-9-15(14)17(23)19-10-16(22)12-5-3-2-4-6-12/h2-7,11,14-16,18,22H,8-10H2,1H3,(H,19,23)/t14-,15+,16?/m1/s1. The van der Waals surface area contributed by atoms with E-state index in [1.807, 2.05) is 49.8 Å². The van der Waals surface area contributed by atoms with E-state index in [4.69, 9.17) is 0 Å². The average molecular weight is 314 g/mol. The van der Waals surface area contributed by atoms with E-state index in [0.29, 0.717) is 6.54 Å². The molecule has 1 aromatic heterocycles. The fourth-order valence-electron chi connectivity index (χ4n) is 3.06. The van der Waals surface area contributed by atoms with Gasteiger partial charge < -0.3 is 15.7 Å². The zero-order chi connectivity index (χ0) is 16.2. The summed E-state index contributed by atoms with van der Waals surface area (Å²) in [6, 6.07) is 9.36. The van der Waals surface area contributed by atoms with E-state index in [2.05, 4.69) is 15.7 Å². The molecule has 2 heterocycles. The van der Waals surface area contributed by atoms with E-state index < -0.39 is 6.10 Å². The van der Waals surface area contributed by atoms with Crippen molar-refractivity contribution in [3.05, 3.63) is 53.9 Å². The van der Waals surface area contributed by atoms with Gasteiger partial charge >= 0.3 is 0 Å². The molecular weight excluding hydrogens is 292 g/mol. The molecule has 2 aromatic rings. The Kier molecular flexibility index (Phi) is 4.73. The number of benzene rings is 1. The van der Waals surface area contributed by atoms with Crippen LogP contribution in [0.4, 0.5) is 0 Å². The highest BCUT2D eigenvalue weighted by molar-refractivity contribution is 5.80. The lowest BCUT2D eigenvalue weighted by Crippen LogP contribution is -2.36. The highest BCUT2D eigenvalue weighted by Gasteiger charge is 2.34. The number of amides is 1. The zero-order valence-electron chi connectivity index (χ0n) is 13.1. The Morgan fingerprint density at radius 1 is 1.43 bits per heavy atom. The number of nitrogens with one attached hydrogen (secondary N) is 2. The van der Waals surface area contributed by atoms with Crippen molar-refractivity contribution in [2.45, 2.75) is 12.0 Å². The Morgan fingerprint density at radius 2 is 2.22 bits per heavy atom. The van der Waals surface area contributed by atoms with Gasteiger partial charge in [-0.25, -0.2) is 0 Å². The third-order valence-corrected chi connectivity index (χ3v) is 4.36. The Labute approximate surface area is 135 Å². The third-order valence-electron chi connectivity index (χ3n) is 4.36. The van der Waals surface area contributed by atoms with Crippen LogP contribution in [0.5, 0.6) is 0 Å². The van der Waals surface area contributed by atoms with Crippen molar-refractivity contribution in [2.24, 2.45) is 13.0 Å². The number of rotatable bonds is 5. The summed E-state index contributed by atoms with van der Waals surface area (Å²) >= 11 is 0. The molecule has 3 N–H and O–H groups in total. The predicted molar refractivity (Wildman–Crippen MR) is 86.7 cm³/mol. The lowest BCUT2D eigenvalue weighted by molar-refractivity contribution is -0.125. The number of aliphatic hydroxyl groups excluding tert-OH is 1. The van der Waals surface area contributed by atoms with Crippen LogP contribution in [0.3, 0.4) is 0 Å². The molecule has 23 heavy (non-hydrogen) atoms. The van der Waals surface area contributed by atoms with E-state index in [0.717, 1.165) is 17.7 Å². The molecule has 0 spiro atoms. The smallest absolute Gasteiger partial charge is 0.225 e. The first-order valence-electron chi connectivity index (χ1n) is 7.85. The molecule has 0 aliphatic carbocycles. The van der Waals surface area contributed by atoms with Crippen LogP contribution >= 0.6 is 0 Å². The van der Waals surface area contributed by atoms with E-state index >= 15 is 0 Å². The van der Waals surface area contributed by atoms with Crippen molar-refractivity contribution in [1.82, 2.24) is 20.4 Å². The molecular formula is C17H22N4O2. The quantitative estimate of drug-likeness (QED) is 0.754. The second kappa shape index (κ2) is 6.93. The summed E-state index contributed by atoms with van der Waals surface area (Å²) in [5.41, 5.74) is 1.88. The van der Waals surface area contributed by atoms with Crippen LogP contribution in [0.1, 0.15) is 23.1 Å². The van der Waals surface area contributed by atoms with Crippen molar-refractivity contribution < 1.29 is 9.90 Å². The number of aryl methyl sites for hydroxylation is 1. The van der Waals surface area contributed by atoms with Crippen LogP contribution < -0.4 is 10.6 Å². The molecule has 0 bridgehead atoms. The number of nitrogens with zero attached hydrogens (tertiary/aromatic N) is 2. The van der Waals surface area contributed by atoms with Crippen LogP contribution in [-0.2, 0) is 11.8 Å². The van der Waals surface area contributed by atoms with Crippen LogP contribution in [0, 0.1) is 5.92 Å². The number of aromatic nitrogens is 2. The van der Waals surface area contributed by atoms with Crippen molar-refractivity contribution in [3.8, 4) is 0 Å². The number of hydrogen-bond donors (Lipinski definition) is 3. The van der Waals surface area contributed by atoms with Gasteiger partial charge in [-0.1, -0.05) is 30.3 Å². The summed E-state index contributed by atoms with van der Waals surface area (Å²) in [4.78, 5) is 12.5. The van der Waals surface area contributed by atoms with Crippen LogP contribution in [-0.4, -0.2) is 40.4 Å². The highest BCUT2D eigenvalue weighted by atomic mass is 16.3. The number of carbonyl (C=O) groups is 1. The highest BCUT2D eigenvalue weighted by Crippen LogP contribution is 2.28. The minimum Gasteiger partial charge on any atom is -0.387 e. The molecule has 0 saturated carbocycles. The summed E-state index contributed by atoms with van der Waals surface area (Å²) in [6.45, 7) is 1.64. The van der Waals surface area contributed by atoms with Crippen molar-refractivity contribution in [2.75, 3.05) is 19.6 Å². The Morgan fingerprint density at radius 3 is 2.91 bits per heavy atom. The van der Waals surface area contributed by atoms with E-state index in [-0.39, 0.29) is 24.3 Å². The van der Waals surface area contributed by atoms with Gasteiger partial charge in [0.1, 0.15) is 0 Å². The van der Waals surface area contributed by atoms with E-state index in [9.17, 15) is 9.90 Å². The fourth-order valence-corrected chi connectivity index (χ4v) is 3.06. The fraction of sp³-hybridized carbons (Fsp3) is 0.412. The zero-order valence-corrected chi connectivity index (χ0v) is 13.1. The van der Waals surface area contributed by atoms with Gasteiger partial charge in [0.2, 0.25) is 5.91 Å². The first-order valence-corrected chi connectivity index (χ1v) is 7.85. The first kappa shape index (κ1) is 15.7. The summed E-state index contributed by atoms with van der Waals surface area (Å²) in [5, 5.41) is 20.5.